The number of hydrogen-bond donors (Lipinski definition) is 0. The number of fused-ring (bicyclic) bond motifs is 1. The first-order valence-corrected chi connectivity index (χ1v) is 19.0. The molecule has 3 rings (SSSR count). The Hall–Kier alpha value is 0.261. The molecule has 26 heavy (non-hydrogen) atoms. The second-order valence-corrected chi connectivity index (χ2v) is 14.3. The van der Waals surface area contributed by atoms with E-state index in [4.69, 9.17) is 0 Å². The van der Waals surface area contributed by atoms with E-state index in [0.717, 1.165) is 79.3 Å². The third-order valence-corrected chi connectivity index (χ3v) is 14.9. The van der Waals surface area contributed by atoms with Crippen molar-refractivity contribution < 1.29 is 0 Å². The highest BCUT2D eigenvalue weighted by atomic mass is 28.2. The summed E-state index contributed by atoms with van der Waals surface area (Å²) in [4.78, 5) is 0. The predicted octanol–water partition coefficient (Wildman–Crippen LogP) is 4.76. The van der Waals surface area contributed by atoms with Crippen LogP contribution in [0.15, 0.2) is 35.4 Å². The fraction of sp³-hybridized carbons (Fsp3) is 0.600. The van der Waals surface area contributed by atoms with Crippen LogP contribution >= 0.6 is 0 Å². The van der Waals surface area contributed by atoms with Crippen LogP contribution in [0.1, 0.15) is 22.2 Å². The first-order chi connectivity index (χ1) is 12.7. The first kappa shape index (κ1) is 21.0. The first-order valence-electron chi connectivity index (χ1n) is 9.54. The van der Waals surface area contributed by atoms with Gasteiger partial charge < -0.3 is 0 Å². The molecule has 2 aliphatic rings. The molecule has 0 heterocycles. The van der Waals surface area contributed by atoms with Crippen LogP contribution in [-0.4, -0.2) is 57.1 Å². The molecule has 0 amide bonds. The van der Waals surface area contributed by atoms with Crippen LogP contribution in [-0.2, 0) is 0 Å². The maximum absolute atomic E-state index is 2.49. The van der Waals surface area contributed by atoms with Gasteiger partial charge in [-0.2, -0.15) is 0 Å². The van der Waals surface area contributed by atoms with Gasteiger partial charge in [0.05, 0.1) is 0 Å². The van der Waals surface area contributed by atoms with Crippen LogP contribution in [0, 0.1) is 0 Å². The Labute approximate surface area is 175 Å². The molecule has 6 atom stereocenters. The number of hydrogen-bond acceptors (Lipinski definition) is 0. The van der Waals surface area contributed by atoms with E-state index >= 15 is 0 Å². The van der Waals surface area contributed by atoms with Gasteiger partial charge in [0, 0.05) is 57.1 Å². The van der Waals surface area contributed by atoms with Crippen molar-refractivity contribution >= 4 is 57.1 Å². The Morgan fingerprint density at radius 1 is 0.538 bits per heavy atom. The van der Waals surface area contributed by atoms with Crippen LogP contribution in [0.4, 0.5) is 0 Å². The van der Waals surface area contributed by atoms with E-state index in [1.54, 1.807) is 11.1 Å². The van der Waals surface area contributed by atoms with E-state index in [1.807, 2.05) is 11.1 Å². The maximum Gasteiger partial charge on any atom is 0.0495 e. The van der Waals surface area contributed by atoms with Gasteiger partial charge in [0.15, 0.2) is 0 Å². The van der Waals surface area contributed by atoms with Crippen molar-refractivity contribution in [2.75, 3.05) is 0 Å². The van der Waals surface area contributed by atoms with Crippen LogP contribution < -0.4 is 0 Å². The van der Waals surface area contributed by atoms with Gasteiger partial charge in [0.25, 0.3) is 0 Å². The van der Waals surface area contributed by atoms with Gasteiger partial charge in [-0.3, -0.25) is 0 Å². The normalized spacial score (nSPS) is 33.8. The van der Waals surface area contributed by atoms with Crippen molar-refractivity contribution in [2.24, 2.45) is 0 Å². The smallest absolute Gasteiger partial charge is 0.0495 e. The van der Waals surface area contributed by atoms with Gasteiger partial charge in [-0.25, -0.2) is 0 Å². The third-order valence-electron chi connectivity index (χ3n) is 6.21. The van der Waals surface area contributed by atoms with Crippen LogP contribution in [0.2, 0.25) is 61.4 Å². The zero-order valence-corrected chi connectivity index (χ0v) is 22.8. The van der Waals surface area contributed by atoms with E-state index in [1.165, 1.54) is 0 Å². The van der Waals surface area contributed by atoms with Gasteiger partial charge >= 0.3 is 0 Å². The summed E-state index contributed by atoms with van der Waals surface area (Å²) < 4.78 is 0. The lowest BCUT2D eigenvalue weighted by Gasteiger charge is -2.51. The molecule has 0 fully saturated rings. The minimum Gasteiger partial charge on any atom is -0.0731 e. The predicted molar refractivity (Wildman–Crippen MR) is 124 cm³/mol. The average molecular weight is 437 g/mol. The number of allylic oxidation sites excluding steroid dienone is 2. The minimum atomic E-state index is 0.713. The van der Waals surface area contributed by atoms with Crippen molar-refractivity contribution in [1.29, 1.82) is 0 Å². The van der Waals surface area contributed by atoms with Crippen molar-refractivity contribution in [3.05, 3.63) is 46.5 Å². The minimum absolute atomic E-state index is 0.713. The highest BCUT2D eigenvalue weighted by molar-refractivity contribution is 6.53. The largest absolute Gasteiger partial charge is 0.0731 e. The summed E-state index contributed by atoms with van der Waals surface area (Å²) in [6.45, 7) is 14.9. The van der Waals surface area contributed by atoms with Crippen molar-refractivity contribution in [1.82, 2.24) is 0 Å². The lowest BCUT2D eigenvalue weighted by atomic mass is 9.76. The molecule has 12 radical (unpaired) electrons. The molecule has 6 unspecified atom stereocenters. The summed E-state index contributed by atoms with van der Waals surface area (Å²) in [6, 6.07) is 9.49. The molecule has 1 aromatic carbocycles. The van der Waals surface area contributed by atoms with Gasteiger partial charge in [-0.1, -0.05) is 74.7 Å². The fourth-order valence-corrected chi connectivity index (χ4v) is 15.9. The summed E-state index contributed by atoms with van der Waals surface area (Å²) in [5.74, 6) is 0. The number of benzene rings is 1. The zero-order chi connectivity index (χ0) is 18.8. The zero-order valence-electron chi connectivity index (χ0n) is 16.8. The van der Waals surface area contributed by atoms with Crippen LogP contribution in [0.5, 0.6) is 0 Å². The molecule has 6 heteroatoms. The van der Waals surface area contributed by atoms with Crippen molar-refractivity contribution in [3.8, 4) is 0 Å². The Bertz CT molecular complexity index is 602. The fourth-order valence-electron chi connectivity index (χ4n) is 5.21. The van der Waals surface area contributed by atoms with Crippen molar-refractivity contribution in [2.45, 2.75) is 72.5 Å². The Balaban J connectivity index is 2.27. The Morgan fingerprint density at radius 3 is 1.19 bits per heavy atom. The molecule has 0 spiro atoms. The molecule has 0 N–H and O–H groups in total. The van der Waals surface area contributed by atoms with Gasteiger partial charge in [0.2, 0.25) is 0 Å². The standard InChI is InChI=1S/C20H28Si6/c1-21-15-11-9-7-8-10-12(11)16(22-2)14-13(15)17(23-3)19(25-5)20(26-6)18(14)24-4/h7-10,15-20H,1-6H3. The topological polar surface area (TPSA) is 0 Å². The molecule has 2 aliphatic carbocycles. The van der Waals surface area contributed by atoms with Gasteiger partial charge in [0.1, 0.15) is 0 Å². The number of rotatable bonds is 6. The van der Waals surface area contributed by atoms with Crippen LogP contribution in [0.3, 0.4) is 0 Å². The SMILES string of the molecule is C[Si]C1C2=C(C([Si]C)c3ccccc31)C([Si]C)C([Si]C)C([Si]C)C2[Si]C. The lowest BCUT2D eigenvalue weighted by molar-refractivity contribution is 0.607. The lowest BCUT2D eigenvalue weighted by Crippen LogP contribution is -2.39. The highest BCUT2D eigenvalue weighted by Gasteiger charge is 2.47. The molecule has 0 nitrogen and oxygen atoms in total. The second kappa shape index (κ2) is 9.17. The van der Waals surface area contributed by atoms with Gasteiger partial charge in [-0.05, 0) is 44.4 Å². The molecule has 132 valence electrons. The van der Waals surface area contributed by atoms with Crippen LogP contribution in [0.25, 0.3) is 0 Å². The monoisotopic (exact) mass is 436 g/mol. The molecule has 0 bridgehead atoms. The van der Waals surface area contributed by atoms with E-state index in [9.17, 15) is 0 Å². The van der Waals surface area contributed by atoms with E-state index in [-0.39, 0.29) is 0 Å². The quantitative estimate of drug-likeness (QED) is 0.445. The Morgan fingerprint density at radius 2 is 0.923 bits per heavy atom. The summed E-state index contributed by atoms with van der Waals surface area (Å²) in [5, 5.41) is 0. The molecule has 0 saturated carbocycles. The third kappa shape index (κ3) is 3.28. The van der Waals surface area contributed by atoms with E-state index in [0.29, 0.717) is 11.1 Å². The summed E-state index contributed by atoms with van der Waals surface area (Å²) in [6.07, 6.45) is 0. The highest BCUT2D eigenvalue weighted by Crippen LogP contribution is 2.62. The molecular weight excluding hydrogens is 409 g/mol. The molecular formula is C20H28Si6. The Kier molecular flexibility index (Phi) is 7.40. The summed E-state index contributed by atoms with van der Waals surface area (Å²) >= 11 is 0. The summed E-state index contributed by atoms with van der Waals surface area (Å²) in [5.41, 5.74) is 12.3. The molecule has 0 saturated heterocycles. The van der Waals surface area contributed by atoms with E-state index < -0.39 is 0 Å². The van der Waals surface area contributed by atoms with Crippen molar-refractivity contribution in [3.63, 3.8) is 0 Å². The van der Waals surface area contributed by atoms with Gasteiger partial charge in [-0.15, -0.1) is 0 Å². The molecule has 0 aromatic heterocycles. The maximum atomic E-state index is 2.49. The van der Waals surface area contributed by atoms with E-state index in [2.05, 4.69) is 63.5 Å². The summed E-state index contributed by atoms with van der Waals surface area (Å²) in [7, 11) is 6.33. The second-order valence-electron chi connectivity index (χ2n) is 7.14. The molecule has 1 aromatic rings. The molecule has 0 aliphatic heterocycles. The average Bonchev–Trinajstić information content (AvgIpc) is 2.69.